The van der Waals surface area contributed by atoms with E-state index in [-0.39, 0.29) is 17.6 Å². The fourth-order valence-corrected chi connectivity index (χ4v) is 3.82. The number of rotatable bonds is 4. The van der Waals surface area contributed by atoms with E-state index in [0.29, 0.717) is 16.5 Å². The number of nitrogens with zero attached hydrogens (tertiary/aromatic N) is 3. The van der Waals surface area contributed by atoms with Crippen LogP contribution >= 0.6 is 11.3 Å². The first-order valence-electron chi connectivity index (χ1n) is 9.20. The van der Waals surface area contributed by atoms with Crippen LogP contribution in [0.1, 0.15) is 11.8 Å². The number of anilines is 2. The molecule has 1 aliphatic rings. The van der Waals surface area contributed by atoms with Crippen molar-refractivity contribution in [2.45, 2.75) is 19.9 Å². The van der Waals surface area contributed by atoms with Crippen molar-refractivity contribution in [1.82, 2.24) is 10.4 Å². The molecular weight excluding hydrogens is 405 g/mol. The van der Waals surface area contributed by atoms with Gasteiger partial charge in [-0.3, -0.25) is 20.3 Å². The van der Waals surface area contributed by atoms with Gasteiger partial charge in [-0.2, -0.15) is 0 Å². The average molecular weight is 423 g/mol. The van der Waals surface area contributed by atoms with E-state index in [1.807, 2.05) is 13.0 Å². The number of carbonyl (C=O) groups is 2. The number of nitrogens with one attached hydrogen (secondary N) is 2. The normalized spacial score (nSPS) is 16.1. The third-order valence-electron chi connectivity index (χ3n) is 4.48. The average Bonchev–Trinajstić information content (AvgIpc) is 3.11. The smallest absolute Gasteiger partial charge is 0.294 e. The number of carbonyl (C=O) groups excluding carboxylic acids is 2. The topological polar surface area (TPSA) is 86.7 Å². The second kappa shape index (κ2) is 8.03. The molecule has 1 atom stereocenters. The monoisotopic (exact) mass is 423 g/mol. The minimum atomic E-state index is -0.708. The maximum Gasteiger partial charge on any atom is 0.294 e. The zero-order chi connectivity index (χ0) is 21.3. The number of aliphatic imine (C=N–C) groups is 1. The third kappa shape index (κ3) is 3.92. The molecule has 2 aromatic carbocycles. The number of amidine groups is 1. The van der Waals surface area contributed by atoms with E-state index >= 15 is 0 Å². The lowest BCUT2D eigenvalue weighted by atomic mass is 10.1. The van der Waals surface area contributed by atoms with Crippen molar-refractivity contribution >= 4 is 39.8 Å². The summed E-state index contributed by atoms with van der Waals surface area (Å²) in [5.41, 5.74) is 4.82. The highest BCUT2D eigenvalue weighted by atomic mass is 32.1. The number of hydrogen-bond donors (Lipinski definition) is 2. The molecule has 4 rings (SSSR count). The lowest BCUT2D eigenvalue weighted by Crippen LogP contribution is -2.57. The van der Waals surface area contributed by atoms with E-state index in [9.17, 15) is 14.0 Å². The lowest BCUT2D eigenvalue weighted by Gasteiger charge is -2.30. The van der Waals surface area contributed by atoms with Gasteiger partial charge in [-0.05, 0) is 50.2 Å². The molecule has 9 heteroatoms. The molecule has 1 aromatic heterocycles. The Morgan fingerprint density at radius 1 is 1.17 bits per heavy atom. The lowest BCUT2D eigenvalue weighted by molar-refractivity contribution is -0.120. The van der Waals surface area contributed by atoms with Crippen molar-refractivity contribution in [2.24, 2.45) is 4.99 Å². The highest BCUT2D eigenvalue weighted by Gasteiger charge is 2.31. The van der Waals surface area contributed by atoms with Gasteiger partial charge in [0.1, 0.15) is 11.9 Å². The van der Waals surface area contributed by atoms with Crippen molar-refractivity contribution in [3.8, 4) is 11.3 Å². The Morgan fingerprint density at radius 3 is 2.57 bits per heavy atom. The Hall–Kier alpha value is -3.59. The number of halogens is 1. The van der Waals surface area contributed by atoms with Gasteiger partial charge in [0.2, 0.25) is 5.84 Å². The molecule has 2 heterocycles. The summed E-state index contributed by atoms with van der Waals surface area (Å²) in [7, 11) is 0. The van der Waals surface area contributed by atoms with E-state index in [1.165, 1.54) is 28.5 Å². The summed E-state index contributed by atoms with van der Waals surface area (Å²) in [6.07, 6.45) is 0. The van der Waals surface area contributed by atoms with Gasteiger partial charge in [0.15, 0.2) is 5.13 Å². The van der Waals surface area contributed by atoms with E-state index in [0.717, 1.165) is 10.4 Å². The number of para-hydroxylation sites is 1. The van der Waals surface area contributed by atoms with Gasteiger partial charge in [-0.25, -0.2) is 19.4 Å². The van der Waals surface area contributed by atoms with Gasteiger partial charge in [0, 0.05) is 10.4 Å². The number of thiazole rings is 1. The summed E-state index contributed by atoms with van der Waals surface area (Å²) in [5, 5.41) is 4.42. The first-order valence-corrected chi connectivity index (χ1v) is 10.0. The Bertz CT molecular complexity index is 1130. The fourth-order valence-electron chi connectivity index (χ4n) is 2.99. The van der Waals surface area contributed by atoms with Crippen LogP contribution in [0.5, 0.6) is 0 Å². The minimum absolute atomic E-state index is 0.0159. The summed E-state index contributed by atoms with van der Waals surface area (Å²) in [6, 6.07) is 14.3. The van der Waals surface area contributed by atoms with Crippen molar-refractivity contribution in [3.05, 3.63) is 65.3 Å². The number of hydrazine groups is 1. The number of aromatic nitrogens is 1. The van der Waals surface area contributed by atoms with Crippen LogP contribution in [0.2, 0.25) is 0 Å². The van der Waals surface area contributed by atoms with Gasteiger partial charge < -0.3 is 0 Å². The zero-order valence-electron chi connectivity index (χ0n) is 16.2. The van der Waals surface area contributed by atoms with Gasteiger partial charge in [-0.15, -0.1) is 11.3 Å². The number of benzene rings is 2. The number of hydrogen-bond acceptors (Lipinski definition) is 6. The molecule has 0 bridgehead atoms. The maximum absolute atomic E-state index is 13.2. The predicted octanol–water partition coefficient (Wildman–Crippen LogP) is 3.53. The molecule has 152 valence electrons. The SMILES string of the molecule is Cc1sc(NC(=O)C2=NC(C)C(=O)N(c3ccccc3)N2)nc1-c1ccc(F)cc1. The summed E-state index contributed by atoms with van der Waals surface area (Å²) in [5.74, 6) is -1.08. The standard InChI is InChI=1S/C21H18FN5O2S/c1-12-20(29)27(16-6-4-3-5-7-16)26-18(23-12)19(28)25-21-24-17(13(2)30-21)14-8-10-15(22)11-9-14/h3-12H,1-2H3,(H,23,26)(H,24,25,28). The molecular formula is C21H18FN5O2S. The fraction of sp³-hybridized carbons (Fsp3) is 0.143. The number of amides is 2. The third-order valence-corrected chi connectivity index (χ3v) is 5.37. The highest BCUT2D eigenvalue weighted by Crippen LogP contribution is 2.30. The molecule has 0 saturated heterocycles. The van der Waals surface area contributed by atoms with Crippen molar-refractivity contribution in [3.63, 3.8) is 0 Å². The highest BCUT2D eigenvalue weighted by molar-refractivity contribution is 7.16. The summed E-state index contributed by atoms with van der Waals surface area (Å²) >= 11 is 1.30. The van der Waals surface area contributed by atoms with Crippen LogP contribution in [0.15, 0.2) is 59.6 Å². The quantitative estimate of drug-likeness (QED) is 0.672. The second-order valence-electron chi connectivity index (χ2n) is 6.66. The van der Waals surface area contributed by atoms with Crippen LogP contribution in [0.4, 0.5) is 15.2 Å². The van der Waals surface area contributed by atoms with Crippen LogP contribution in [0.25, 0.3) is 11.3 Å². The molecule has 0 spiro atoms. The minimum Gasteiger partial charge on any atom is -0.295 e. The summed E-state index contributed by atoms with van der Waals surface area (Å²) in [6.45, 7) is 3.51. The number of aryl methyl sites for hydroxylation is 1. The van der Waals surface area contributed by atoms with Gasteiger partial charge in [0.05, 0.1) is 11.4 Å². The van der Waals surface area contributed by atoms with E-state index in [4.69, 9.17) is 0 Å². The van der Waals surface area contributed by atoms with E-state index < -0.39 is 11.9 Å². The Kier molecular flexibility index (Phi) is 5.28. The molecule has 30 heavy (non-hydrogen) atoms. The van der Waals surface area contributed by atoms with Gasteiger partial charge in [-0.1, -0.05) is 18.2 Å². The zero-order valence-corrected chi connectivity index (χ0v) is 17.0. The van der Waals surface area contributed by atoms with Crippen LogP contribution in [0.3, 0.4) is 0 Å². The summed E-state index contributed by atoms with van der Waals surface area (Å²) in [4.78, 5) is 34.7. The molecule has 3 aromatic rings. The Morgan fingerprint density at radius 2 is 1.87 bits per heavy atom. The predicted molar refractivity (Wildman–Crippen MR) is 115 cm³/mol. The molecule has 0 radical (unpaired) electrons. The Labute approximate surface area is 176 Å². The molecule has 0 saturated carbocycles. The van der Waals surface area contributed by atoms with Crippen LogP contribution in [-0.2, 0) is 9.59 Å². The van der Waals surface area contributed by atoms with Gasteiger partial charge >= 0.3 is 0 Å². The van der Waals surface area contributed by atoms with Crippen molar-refractivity contribution in [2.75, 3.05) is 10.3 Å². The van der Waals surface area contributed by atoms with Crippen LogP contribution in [0, 0.1) is 12.7 Å². The van der Waals surface area contributed by atoms with E-state index in [2.05, 4.69) is 20.7 Å². The maximum atomic E-state index is 13.2. The van der Waals surface area contributed by atoms with E-state index in [1.54, 1.807) is 43.3 Å². The van der Waals surface area contributed by atoms with Crippen LogP contribution < -0.4 is 15.8 Å². The molecule has 1 aliphatic heterocycles. The molecule has 0 fully saturated rings. The van der Waals surface area contributed by atoms with Gasteiger partial charge in [0.25, 0.3) is 11.8 Å². The van der Waals surface area contributed by atoms with Crippen molar-refractivity contribution in [1.29, 1.82) is 0 Å². The molecule has 2 amide bonds. The molecule has 2 N–H and O–H groups in total. The van der Waals surface area contributed by atoms with Crippen molar-refractivity contribution < 1.29 is 14.0 Å². The first-order chi connectivity index (χ1) is 14.4. The second-order valence-corrected chi connectivity index (χ2v) is 7.86. The summed E-state index contributed by atoms with van der Waals surface area (Å²) < 4.78 is 13.2. The Balaban J connectivity index is 1.54. The largest absolute Gasteiger partial charge is 0.295 e. The van der Waals surface area contributed by atoms with Crippen LogP contribution in [-0.4, -0.2) is 28.7 Å². The molecule has 1 unspecified atom stereocenters. The molecule has 7 nitrogen and oxygen atoms in total. The molecule has 0 aliphatic carbocycles. The first kappa shape index (κ1) is 19.7.